The van der Waals surface area contributed by atoms with Crippen molar-refractivity contribution in [2.24, 2.45) is 0 Å². The molecule has 0 aliphatic heterocycles. The predicted molar refractivity (Wildman–Crippen MR) is 93.1 cm³/mol. The van der Waals surface area contributed by atoms with Crippen LogP contribution in [0.3, 0.4) is 0 Å². The summed E-state index contributed by atoms with van der Waals surface area (Å²) in [5.41, 5.74) is 2.15. The lowest BCUT2D eigenvalue weighted by molar-refractivity contribution is -0.384. The molecule has 126 valence electrons. The average Bonchev–Trinajstić information content (AvgIpc) is 2.45. The number of benzene rings is 2. The third-order valence-electron chi connectivity index (χ3n) is 3.18. The highest BCUT2D eigenvalue weighted by Crippen LogP contribution is 2.32. The molecule has 0 fully saturated rings. The first kappa shape index (κ1) is 17.5. The molecule has 0 aliphatic rings. The van der Waals surface area contributed by atoms with Gasteiger partial charge in [0, 0.05) is 17.7 Å². The van der Waals surface area contributed by atoms with Gasteiger partial charge < -0.3 is 4.74 Å². The largest absolute Gasteiger partial charge is 0.444 e. The molecule has 0 saturated carbocycles. The SMILES string of the molecule is Cc1cccc(-c2cc([N+](=O)[O-])ccc2NC(=O)OC(C)(C)C)c1. The van der Waals surface area contributed by atoms with Crippen LogP contribution in [-0.2, 0) is 4.74 Å². The van der Waals surface area contributed by atoms with Crippen LogP contribution in [0.5, 0.6) is 0 Å². The van der Waals surface area contributed by atoms with E-state index in [1.54, 1.807) is 20.8 Å². The molecule has 2 aromatic carbocycles. The first-order chi connectivity index (χ1) is 11.2. The molecule has 0 saturated heterocycles. The molecule has 0 heterocycles. The van der Waals surface area contributed by atoms with Crippen LogP contribution in [0, 0.1) is 17.0 Å². The Hall–Kier alpha value is -2.89. The smallest absolute Gasteiger partial charge is 0.412 e. The lowest BCUT2D eigenvalue weighted by Crippen LogP contribution is -2.27. The van der Waals surface area contributed by atoms with E-state index in [1.165, 1.54) is 18.2 Å². The highest BCUT2D eigenvalue weighted by Gasteiger charge is 2.19. The van der Waals surface area contributed by atoms with E-state index in [9.17, 15) is 14.9 Å². The zero-order valence-electron chi connectivity index (χ0n) is 14.1. The Kier molecular flexibility index (Phi) is 4.87. The molecule has 2 rings (SSSR count). The number of nitrogens with one attached hydrogen (secondary N) is 1. The Labute approximate surface area is 140 Å². The molecular weight excluding hydrogens is 308 g/mol. The number of anilines is 1. The summed E-state index contributed by atoms with van der Waals surface area (Å²) in [6.07, 6.45) is -0.606. The van der Waals surface area contributed by atoms with Gasteiger partial charge in [-0.2, -0.15) is 0 Å². The van der Waals surface area contributed by atoms with E-state index in [1.807, 2.05) is 31.2 Å². The Bertz CT molecular complexity index is 779. The van der Waals surface area contributed by atoms with E-state index in [4.69, 9.17) is 4.74 Å². The number of non-ortho nitro benzene ring substituents is 1. The Balaban J connectivity index is 2.44. The molecule has 1 N–H and O–H groups in total. The zero-order chi connectivity index (χ0) is 17.9. The number of amides is 1. The minimum atomic E-state index is -0.631. The third-order valence-corrected chi connectivity index (χ3v) is 3.18. The molecule has 0 radical (unpaired) electrons. The predicted octanol–water partition coefficient (Wildman–Crippen LogP) is 4.92. The minimum Gasteiger partial charge on any atom is -0.444 e. The van der Waals surface area contributed by atoms with Gasteiger partial charge in [-0.1, -0.05) is 29.8 Å². The van der Waals surface area contributed by atoms with Crippen LogP contribution in [0.25, 0.3) is 11.1 Å². The minimum absolute atomic E-state index is 0.0405. The number of aryl methyl sites for hydroxylation is 1. The molecule has 0 bridgehead atoms. The van der Waals surface area contributed by atoms with Crippen molar-refractivity contribution >= 4 is 17.5 Å². The number of carbonyl (C=O) groups excluding carboxylic acids is 1. The average molecular weight is 328 g/mol. The Morgan fingerprint density at radius 1 is 1.17 bits per heavy atom. The van der Waals surface area contributed by atoms with Gasteiger partial charge in [-0.25, -0.2) is 4.79 Å². The lowest BCUT2D eigenvalue weighted by Gasteiger charge is -2.20. The van der Waals surface area contributed by atoms with E-state index in [2.05, 4.69) is 5.32 Å². The number of hydrogen-bond donors (Lipinski definition) is 1. The Morgan fingerprint density at radius 2 is 1.88 bits per heavy atom. The van der Waals surface area contributed by atoms with Crippen LogP contribution in [-0.4, -0.2) is 16.6 Å². The Morgan fingerprint density at radius 3 is 2.46 bits per heavy atom. The second-order valence-corrected chi connectivity index (χ2v) is 6.48. The van der Waals surface area contributed by atoms with E-state index >= 15 is 0 Å². The van der Waals surface area contributed by atoms with Crippen molar-refractivity contribution in [2.45, 2.75) is 33.3 Å². The van der Waals surface area contributed by atoms with Gasteiger partial charge in [0.2, 0.25) is 0 Å². The highest BCUT2D eigenvalue weighted by molar-refractivity contribution is 5.92. The zero-order valence-corrected chi connectivity index (χ0v) is 14.1. The van der Waals surface area contributed by atoms with Crippen LogP contribution in [0.15, 0.2) is 42.5 Å². The second-order valence-electron chi connectivity index (χ2n) is 6.48. The molecular formula is C18H20N2O4. The molecule has 0 aliphatic carbocycles. The number of ether oxygens (including phenoxy) is 1. The standard InChI is InChI=1S/C18H20N2O4/c1-12-6-5-7-13(10-12)15-11-14(20(22)23)8-9-16(15)19-17(21)24-18(2,3)4/h5-11H,1-4H3,(H,19,21). The summed E-state index contributed by atoms with van der Waals surface area (Å²) in [6, 6.07) is 11.8. The number of hydrogen-bond acceptors (Lipinski definition) is 4. The van der Waals surface area contributed by atoms with Gasteiger partial charge in [-0.05, 0) is 39.3 Å². The molecule has 2 aromatic rings. The summed E-state index contributed by atoms with van der Waals surface area (Å²) in [4.78, 5) is 22.6. The molecule has 1 amide bonds. The van der Waals surface area contributed by atoms with Gasteiger partial charge in [0.1, 0.15) is 5.60 Å². The van der Waals surface area contributed by atoms with E-state index in [0.717, 1.165) is 11.1 Å². The maximum atomic E-state index is 12.0. The second kappa shape index (κ2) is 6.70. The first-order valence-corrected chi connectivity index (χ1v) is 7.51. The van der Waals surface area contributed by atoms with Crippen molar-refractivity contribution in [3.63, 3.8) is 0 Å². The monoisotopic (exact) mass is 328 g/mol. The number of nitrogens with zero attached hydrogens (tertiary/aromatic N) is 1. The van der Waals surface area contributed by atoms with E-state index in [-0.39, 0.29) is 5.69 Å². The van der Waals surface area contributed by atoms with Crippen molar-refractivity contribution < 1.29 is 14.5 Å². The number of nitro benzene ring substituents is 1. The van der Waals surface area contributed by atoms with E-state index in [0.29, 0.717) is 11.3 Å². The molecule has 0 spiro atoms. The van der Waals surface area contributed by atoms with Gasteiger partial charge in [0.25, 0.3) is 5.69 Å². The highest BCUT2D eigenvalue weighted by atomic mass is 16.6. The number of carbonyl (C=O) groups is 1. The molecule has 24 heavy (non-hydrogen) atoms. The summed E-state index contributed by atoms with van der Waals surface area (Å²) in [5.74, 6) is 0. The lowest BCUT2D eigenvalue weighted by atomic mass is 10.0. The summed E-state index contributed by atoms with van der Waals surface area (Å²) < 4.78 is 5.25. The van der Waals surface area contributed by atoms with Gasteiger partial charge in [0.05, 0.1) is 10.6 Å². The first-order valence-electron chi connectivity index (χ1n) is 7.51. The summed E-state index contributed by atoms with van der Waals surface area (Å²) in [6.45, 7) is 7.24. The summed E-state index contributed by atoms with van der Waals surface area (Å²) in [5, 5.41) is 13.7. The van der Waals surface area contributed by atoms with Crippen molar-refractivity contribution in [1.29, 1.82) is 0 Å². The maximum absolute atomic E-state index is 12.0. The van der Waals surface area contributed by atoms with Crippen molar-refractivity contribution in [3.8, 4) is 11.1 Å². The quantitative estimate of drug-likeness (QED) is 0.640. The fourth-order valence-electron chi connectivity index (χ4n) is 2.22. The topological polar surface area (TPSA) is 81.5 Å². The van der Waals surface area contributed by atoms with Crippen LogP contribution in [0.4, 0.5) is 16.2 Å². The summed E-state index contributed by atoms with van der Waals surface area (Å²) in [7, 11) is 0. The molecule has 0 atom stereocenters. The molecule has 6 nitrogen and oxygen atoms in total. The van der Waals surface area contributed by atoms with Gasteiger partial charge in [0.15, 0.2) is 0 Å². The molecule has 0 unspecified atom stereocenters. The van der Waals surface area contributed by atoms with Crippen molar-refractivity contribution in [1.82, 2.24) is 0 Å². The third kappa shape index (κ3) is 4.55. The number of nitro groups is 1. The number of rotatable bonds is 3. The van der Waals surface area contributed by atoms with Gasteiger partial charge in [-0.15, -0.1) is 0 Å². The fourth-order valence-corrected chi connectivity index (χ4v) is 2.22. The van der Waals surface area contributed by atoms with Gasteiger partial charge in [-0.3, -0.25) is 15.4 Å². The van der Waals surface area contributed by atoms with Gasteiger partial charge >= 0.3 is 6.09 Å². The summed E-state index contributed by atoms with van der Waals surface area (Å²) >= 11 is 0. The molecule has 0 aromatic heterocycles. The van der Waals surface area contributed by atoms with Crippen LogP contribution < -0.4 is 5.32 Å². The van der Waals surface area contributed by atoms with Crippen LogP contribution in [0.1, 0.15) is 26.3 Å². The van der Waals surface area contributed by atoms with E-state index < -0.39 is 16.6 Å². The maximum Gasteiger partial charge on any atom is 0.412 e. The van der Waals surface area contributed by atoms with Crippen molar-refractivity contribution in [2.75, 3.05) is 5.32 Å². The van der Waals surface area contributed by atoms with Crippen molar-refractivity contribution in [3.05, 3.63) is 58.1 Å². The van der Waals surface area contributed by atoms with Crippen LogP contribution in [0.2, 0.25) is 0 Å². The van der Waals surface area contributed by atoms with Crippen LogP contribution >= 0.6 is 0 Å². The fraction of sp³-hybridized carbons (Fsp3) is 0.278. The normalized spacial score (nSPS) is 11.0. The molecule has 6 heteroatoms.